The molecule has 0 saturated carbocycles. The lowest BCUT2D eigenvalue weighted by atomic mass is 9.94. The van der Waals surface area contributed by atoms with Gasteiger partial charge in [-0.2, -0.15) is 0 Å². The Hall–Kier alpha value is -11.9. The molecule has 22 rings (SSSR count). The van der Waals surface area contributed by atoms with Crippen LogP contribution in [0.15, 0.2) is 0 Å². The number of carbonyl (C=O) groups excluding carboxylic acids is 21. The van der Waals surface area contributed by atoms with Crippen LogP contribution in [0.3, 0.4) is 0 Å². The number of hydrogen-bond donors (Lipinski definition) is 1. The van der Waals surface area contributed by atoms with Crippen LogP contribution in [0.1, 0.15) is 138 Å². The highest BCUT2D eigenvalue weighted by Crippen LogP contribution is 2.45. The first kappa shape index (κ1) is 118. The van der Waals surface area contributed by atoms with E-state index in [0.717, 1.165) is 138 Å². The highest BCUT2D eigenvalue weighted by Gasteiger charge is 2.67. The molecule has 0 aromatic heterocycles. The van der Waals surface area contributed by atoms with Crippen molar-refractivity contribution in [2.24, 2.45) is 0 Å². The van der Waals surface area contributed by atoms with Gasteiger partial charge in [-0.05, 0) is 7.05 Å². The average molecular weight is 2100 g/mol. The van der Waals surface area contributed by atoms with E-state index >= 15 is 0 Å². The zero-order chi connectivity index (χ0) is 108. The number of hydrogen-bond acceptors (Lipinski definition) is 56. The third-order valence-electron chi connectivity index (χ3n) is 22.4. The van der Waals surface area contributed by atoms with Crippen LogP contribution in [0, 0.1) is 0 Å². The Bertz CT molecular complexity index is 4360. The maximum absolute atomic E-state index is 14.7. The summed E-state index contributed by atoms with van der Waals surface area (Å²) in [6, 6.07) is -0.833. The third-order valence-corrected chi connectivity index (χ3v) is 22.4. The second-order valence-electron chi connectivity index (χ2n) is 34.3. The number of esters is 20. The number of carbonyl (C=O) groups is 21. The molecule has 0 aliphatic carbocycles. The summed E-state index contributed by atoms with van der Waals surface area (Å²) in [5.74, 6) is -24.9. The lowest BCUT2D eigenvalue weighted by molar-refractivity contribution is -0.396. The molecule has 0 aromatic carbocycles. The summed E-state index contributed by atoms with van der Waals surface area (Å²) in [5.41, 5.74) is 0. The van der Waals surface area contributed by atoms with E-state index in [0.29, 0.717) is 13.1 Å². The van der Waals surface area contributed by atoms with E-state index in [1.807, 2.05) is 4.90 Å². The fourth-order valence-electron chi connectivity index (χ4n) is 17.1. The molecule has 2 amide bonds. The number of nitrogens with zero attached hydrogens (tertiary/aromatic N) is 2. The van der Waals surface area contributed by atoms with Gasteiger partial charge in [-0.3, -0.25) is 95.9 Å². The predicted octanol–water partition coefficient (Wildman–Crippen LogP) is -3.85. The molecule has 0 unspecified atom stereocenters. The van der Waals surface area contributed by atoms with Gasteiger partial charge >= 0.3 is 125 Å². The van der Waals surface area contributed by atoms with Crippen LogP contribution < -0.4 is 5.32 Å². The number of amides is 2. The van der Waals surface area contributed by atoms with Gasteiger partial charge < -0.3 is 176 Å². The normalized spacial score (nSPS) is 34.5. The monoisotopic (exact) mass is 2100 g/mol. The van der Waals surface area contributed by atoms with Gasteiger partial charge in [0.15, 0.2) is 129 Å². The van der Waals surface area contributed by atoms with Crippen molar-refractivity contribution < 1.29 is 262 Å². The summed E-state index contributed by atoms with van der Waals surface area (Å²) < 4.78 is 211. The third kappa shape index (κ3) is 33.3. The molecule has 22 aliphatic rings. The van der Waals surface area contributed by atoms with Crippen molar-refractivity contribution in [1.29, 1.82) is 0 Å². The van der Waals surface area contributed by atoms with Gasteiger partial charge in [0.05, 0.1) is 0 Å². The van der Waals surface area contributed by atoms with Gasteiger partial charge in [0, 0.05) is 171 Å². The Morgan fingerprint density at radius 3 is 0.473 bits per heavy atom. The minimum Gasteiger partial charge on any atom is -0.463 e. The summed E-state index contributed by atoms with van der Waals surface area (Å²) in [4.78, 5) is 294. The maximum atomic E-state index is 14.7. The number of likely N-dealkylation sites (N-methyl/N-ethyl adjacent to an activating group) is 1. The Morgan fingerprint density at radius 2 is 0.329 bits per heavy atom. The van der Waals surface area contributed by atoms with Crippen LogP contribution in [0.2, 0.25) is 0 Å². The first-order valence-electron chi connectivity index (χ1n) is 45.7. The fraction of sp³-hybridized carbons (Fsp3) is 0.761. The SMILES string of the molecule is CC(=O)OC[C@H]1O[C@@H]2O[C@H]3[C@H](OC(C)=O)[C@@H](OC(C)=O)[C@@H](O[C@H]4[C@H](OC(C)=O)[C@@H](OC(C)=O)[C@@H](O[C@H]5[C@H](OC(C)=O)[C@@H](OC(C)=O)[C@@H](O[C@H]6[C@H](OC(C)=O)[C@@H](OC(C)=O)[C@@H](O[C@H]7[C@H](OC(C)=O)[C@@H](OC(C)=O)[C@@H](O[C@H]8[C@H](OC(C)=O)[C@@H](OC(C)=O)[C@@H](O[C@H]1[C@H](OC(C)=O)[C@H]2OC(C)=O)O[C@@H]8CNC(=O)N1CCN(C)CC1)O[C@@H]7COC(C)=O)O[C@@H]6COC(C)=O)O[C@@H]5COC(C)=O)O[C@@H]4COC(C)=O)O[C@@H]3COC(C)=O. The van der Waals surface area contributed by atoms with E-state index in [9.17, 15) is 101 Å². The van der Waals surface area contributed by atoms with Crippen molar-refractivity contribution >= 4 is 125 Å². The molecule has 58 heteroatoms. The van der Waals surface area contributed by atoms with Crippen molar-refractivity contribution in [3.63, 3.8) is 0 Å². The molecule has 0 aromatic rings. The van der Waals surface area contributed by atoms with Gasteiger partial charge in [-0.25, -0.2) is 4.79 Å². The van der Waals surface area contributed by atoms with Crippen LogP contribution in [0.5, 0.6) is 0 Å². The summed E-state index contributed by atoms with van der Waals surface area (Å²) >= 11 is 0. The summed E-state index contributed by atoms with van der Waals surface area (Å²) in [7, 11) is 1.77. The van der Waals surface area contributed by atoms with E-state index < -0.39 is 387 Å². The van der Waals surface area contributed by atoms with Gasteiger partial charge in [0.25, 0.3) is 0 Å². The molecule has 22 saturated heterocycles. The molecule has 0 radical (unpaired) electrons. The van der Waals surface area contributed by atoms with Gasteiger partial charge in [0.2, 0.25) is 0 Å². The zero-order valence-corrected chi connectivity index (χ0v) is 83.3. The molecule has 22 fully saturated rings. The van der Waals surface area contributed by atoms with Crippen LogP contribution in [0.4, 0.5) is 4.79 Å². The van der Waals surface area contributed by atoms with E-state index in [4.69, 9.17) is 161 Å². The van der Waals surface area contributed by atoms with Crippen molar-refractivity contribution in [2.75, 3.05) is 79.4 Å². The molecule has 0 spiro atoms. The zero-order valence-electron chi connectivity index (χ0n) is 83.3. The van der Waals surface area contributed by atoms with Crippen molar-refractivity contribution in [3.8, 4) is 0 Å². The second-order valence-corrected chi connectivity index (χ2v) is 34.3. The fourth-order valence-corrected chi connectivity index (χ4v) is 17.1. The molecule has 35 atom stereocenters. The summed E-state index contributed by atoms with van der Waals surface area (Å²) in [6.45, 7) is 9.86. The predicted molar refractivity (Wildman–Crippen MR) is 455 cm³/mol. The van der Waals surface area contributed by atoms with Gasteiger partial charge in [-0.15, -0.1) is 0 Å². The first-order chi connectivity index (χ1) is 68.6. The van der Waals surface area contributed by atoms with Crippen LogP contribution in [0.25, 0.3) is 0 Å². The topological polar surface area (TPSA) is 691 Å². The van der Waals surface area contributed by atoms with Crippen molar-refractivity contribution in [3.05, 3.63) is 0 Å². The standard InChI is InChI=1S/C88H121N3O55/c1-33(92)113-27-54-61-68(120-40(8)99)76(128-48(16)107)83(135-54)143-63-56(29-115-35(3)94)137-85(78(130-50(18)109)70(63)122-42(10)101)145-65-58(31-117-37(5)96)139-87(80(132-52(20)111)72(65)124-44(12)103)146-66-59(32-118-38(6)97)138-86(79(131-51(19)110)73(66)125-45(13)104)144-64-57(30-116-36(4)95)136-84(77(129-49(17)108)71(64)123-43(11)102)142-62-55(28-114-34(2)93)134-82(75(127-47(15)106)69(62)121-41(9)100)140-60-53(26-89-88(112)91-24-22-90(21)23-25-91)133-81(141-61)74(126-46(14)105)67(60)119-39(7)98/h53-87H,22-32H2,1-21H3,(H,89,112)/t53-,54-,55-,56-,57-,58-,59-,60-,61-,62-,63-,64-,65-,66-,67+,68+,69+,70+,71+,72+,73+,74-,75-,76-,77-,78-,79-,80-,81-,82-,83-,84-,85-,86-,87-/m1/s1. The second kappa shape index (κ2) is 53.6. The molecule has 146 heavy (non-hydrogen) atoms. The van der Waals surface area contributed by atoms with E-state index in [1.54, 1.807) is 7.05 Å². The number of ether oxygens (including phenoxy) is 34. The Kier molecular flexibility index (Phi) is 43.2. The highest BCUT2D eigenvalue weighted by atomic mass is 16.8. The quantitative estimate of drug-likeness (QED) is 0.0579. The van der Waals surface area contributed by atoms with Gasteiger partial charge in [-0.1, -0.05) is 0 Å². The lowest BCUT2D eigenvalue weighted by Gasteiger charge is -2.52. The maximum Gasteiger partial charge on any atom is 0.317 e. The first-order valence-corrected chi connectivity index (χ1v) is 45.7. The Morgan fingerprint density at radius 1 is 0.192 bits per heavy atom. The largest absolute Gasteiger partial charge is 0.463 e. The van der Waals surface area contributed by atoms with Crippen LogP contribution in [-0.2, 0) is 257 Å². The molecule has 22 aliphatic heterocycles. The number of rotatable bonds is 28. The number of nitrogens with one attached hydrogen (secondary N) is 1. The number of piperazine rings is 1. The van der Waals surface area contributed by atoms with E-state index in [-0.39, 0.29) is 13.1 Å². The summed E-state index contributed by atoms with van der Waals surface area (Å²) in [5, 5.41) is 2.70. The van der Waals surface area contributed by atoms with Crippen LogP contribution >= 0.6 is 0 Å². The molecule has 1 N–H and O–H groups in total. The molecular formula is C88H121N3O55. The number of urea groups is 1. The Labute approximate surface area is 832 Å². The molecular weight excluding hydrogens is 1980 g/mol. The minimum atomic E-state index is -2.47. The lowest BCUT2D eigenvalue weighted by Crippen LogP contribution is -2.70. The van der Waals surface area contributed by atoms with Crippen molar-refractivity contribution in [1.82, 2.24) is 15.1 Å². The molecule has 22 heterocycles. The Balaban J connectivity index is 1.40. The van der Waals surface area contributed by atoms with E-state index in [1.165, 1.54) is 4.90 Å². The average Bonchev–Trinajstić information content (AvgIpc) is 0.774. The minimum absolute atomic E-state index is 0.0821. The van der Waals surface area contributed by atoms with Crippen LogP contribution in [-0.4, -0.2) is 430 Å². The van der Waals surface area contributed by atoms with Crippen molar-refractivity contribution in [2.45, 2.75) is 353 Å². The van der Waals surface area contributed by atoms with E-state index in [2.05, 4.69) is 5.32 Å². The molecule has 58 nitrogen and oxygen atoms in total. The smallest absolute Gasteiger partial charge is 0.317 e. The highest BCUT2D eigenvalue weighted by molar-refractivity contribution is 5.75. The van der Waals surface area contributed by atoms with Gasteiger partial charge in [0.1, 0.15) is 125 Å². The summed E-state index contributed by atoms with van der Waals surface area (Å²) in [6.07, 6.45) is -81.2. The molecule has 14 bridgehead atoms. The molecule has 818 valence electrons.